The molecule has 0 aliphatic carbocycles. The highest BCUT2D eigenvalue weighted by molar-refractivity contribution is 5.99. The van der Waals surface area contributed by atoms with Gasteiger partial charge in [0.1, 0.15) is 5.82 Å². The van der Waals surface area contributed by atoms with Crippen LogP contribution >= 0.6 is 0 Å². The van der Waals surface area contributed by atoms with Gasteiger partial charge in [-0.05, 0) is 32.9 Å². The maximum Gasteiger partial charge on any atom is 0.256 e. The van der Waals surface area contributed by atoms with Crippen LogP contribution in [0.25, 0.3) is 0 Å². The van der Waals surface area contributed by atoms with Crippen molar-refractivity contribution in [2.24, 2.45) is 0 Å². The van der Waals surface area contributed by atoms with Crippen molar-refractivity contribution in [3.63, 3.8) is 0 Å². The number of nitrogens with zero attached hydrogens (tertiary/aromatic N) is 3. The Morgan fingerprint density at radius 1 is 1.38 bits per heavy atom. The van der Waals surface area contributed by atoms with Gasteiger partial charge in [-0.3, -0.25) is 9.89 Å². The Bertz CT molecular complexity index is 620. The molecule has 2 N–H and O–H groups in total. The van der Waals surface area contributed by atoms with Gasteiger partial charge in [0.25, 0.3) is 5.91 Å². The average Bonchev–Trinajstić information content (AvgIpc) is 2.83. The van der Waals surface area contributed by atoms with E-state index in [1.807, 2.05) is 45.0 Å². The van der Waals surface area contributed by atoms with Crippen LogP contribution in [0.1, 0.15) is 35.9 Å². The number of benzene rings is 1. The van der Waals surface area contributed by atoms with Crippen LogP contribution in [0.3, 0.4) is 0 Å². The van der Waals surface area contributed by atoms with Gasteiger partial charge in [0.2, 0.25) is 0 Å². The van der Waals surface area contributed by atoms with E-state index in [0.29, 0.717) is 17.9 Å². The second kappa shape index (κ2) is 6.39. The molecule has 0 aliphatic heterocycles. The molecular formula is C15H21N5O. The Labute approximate surface area is 124 Å². The molecule has 0 radical (unpaired) electrons. The highest BCUT2D eigenvalue weighted by Gasteiger charge is 2.17. The first-order chi connectivity index (χ1) is 9.97. The number of carbonyl (C=O) groups excluding carboxylic acids is 1. The summed E-state index contributed by atoms with van der Waals surface area (Å²) >= 11 is 0. The van der Waals surface area contributed by atoms with E-state index in [2.05, 4.69) is 20.5 Å². The molecule has 0 spiro atoms. The molecule has 1 aromatic heterocycles. The molecule has 2 rings (SSSR count). The number of para-hydroxylation sites is 1. The summed E-state index contributed by atoms with van der Waals surface area (Å²) in [4.78, 5) is 18.4. The largest absolute Gasteiger partial charge is 0.382 e. The lowest BCUT2D eigenvalue weighted by molar-refractivity contribution is 0.0782. The first-order valence-corrected chi connectivity index (χ1v) is 6.96. The fraction of sp³-hybridized carbons (Fsp3) is 0.400. The molecular weight excluding hydrogens is 266 g/mol. The smallest absolute Gasteiger partial charge is 0.256 e. The van der Waals surface area contributed by atoms with Gasteiger partial charge >= 0.3 is 0 Å². The Morgan fingerprint density at radius 2 is 2.10 bits per heavy atom. The summed E-state index contributed by atoms with van der Waals surface area (Å²) in [5.41, 5.74) is 1.50. The fourth-order valence-electron chi connectivity index (χ4n) is 2.06. The van der Waals surface area contributed by atoms with E-state index in [-0.39, 0.29) is 11.9 Å². The minimum Gasteiger partial charge on any atom is -0.382 e. The SMILES string of the molecule is Cc1nc(CN(C)C(=O)c2ccccc2NC(C)C)n[nH]1. The van der Waals surface area contributed by atoms with Crippen LogP contribution in [0, 0.1) is 6.92 Å². The third kappa shape index (κ3) is 3.81. The van der Waals surface area contributed by atoms with Crippen molar-refractivity contribution < 1.29 is 4.79 Å². The number of carbonyl (C=O) groups is 1. The van der Waals surface area contributed by atoms with E-state index in [4.69, 9.17) is 0 Å². The summed E-state index contributed by atoms with van der Waals surface area (Å²) in [6.45, 7) is 6.29. The number of hydrogen-bond donors (Lipinski definition) is 2. The molecule has 0 bridgehead atoms. The molecule has 1 amide bonds. The van der Waals surface area contributed by atoms with Gasteiger partial charge in [-0.1, -0.05) is 12.1 Å². The zero-order valence-corrected chi connectivity index (χ0v) is 12.8. The summed E-state index contributed by atoms with van der Waals surface area (Å²) in [7, 11) is 1.75. The second-order valence-corrected chi connectivity index (χ2v) is 5.34. The van der Waals surface area contributed by atoms with Gasteiger partial charge in [-0.15, -0.1) is 0 Å². The molecule has 0 atom stereocenters. The summed E-state index contributed by atoms with van der Waals surface area (Å²) in [6.07, 6.45) is 0. The molecule has 6 nitrogen and oxygen atoms in total. The zero-order chi connectivity index (χ0) is 15.4. The lowest BCUT2D eigenvalue weighted by Crippen LogP contribution is -2.28. The summed E-state index contributed by atoms with van der Waals surface area (Å²) in [6, 6.07) is 7.79. The van der Waals surface area contributed by atoms with Crippen molar-refractivity contribution in [1.29, 1.82) is 0 Å². The average molecular weight is 287 g/mol. The number of rotatable bonds is 5. The molecule has 6 heteroatoms. The molecule has 0 saturated heterocycles. The van der Waals surface area contributed by atoms with Crippen molar-refractivity contribution >= 4 is 11.6 Å². The molecule has 1 aromatic carbocycles. The van der Waals surface area contributed by atoms with E-state index in [1.165, 1.54) is 0 Å². The monoisotopic (exact) mass is 287 g/mol. The van der Waals surface area contributed by atoms with E-state index in [1.54, 1.807) is 11.9 Å². The predicted molar refractivity (Wildman–Crippen MR) is 82.1 cm³/mol. The maximum absolute atomic E-state index is 12.6. The molecule has 0 fully saturated rings. The Balaban J connectivity index is 2.15. The van der Waals surface area contributed by atoms with E-state index >= 15 is 0 Å². The minimum absolute atomic E-state index is 0.0544. The Hall–Kier alpha value is -2.37. The zero-order valence-electron chi connectivity index (χ0n) is 12.8. The lowest BCUT2D eigenvalue weighted by Gasteiger charge is -2.19. The molecule has 0 saturated carbocycles. The first-order valence-electron chi connectivity index (χ1n) is 6.96. The summed E-state index contributed by atoms with van der Waals surface area (Å²) in [5, 5.41) is 10.1. The maximum atomic E-state index is 12.6. The standard InChI is InChI=1S/C15H21N5O/c1-10(2)16-13-8-6-5-7-12(13)15(21)20(4)9-14-17-11(3)18-19-14/h5-8,10,16H,9H2,1-4H3,(H,17,18,19). The molecule has 0 unspecified atom stereocenters. The van der Waals surface area contributed by atoms with Crippen molar-refractivity contribution in [1.82, 2.24) is 20.1 Å². The summed E-state index contributed by atoms with van der Waals surface area (Å²) < 4.78 is 0. The number of nitrogens with one attached hydrogen (secondary N) is 2. The molecule has 21 heavy (non-hydrogen) atoms. The number of aromatic nitrogens is 3. The predicted octanol–water partition coefficient (Wildman–Crippen LogP) is 2.21. The number of aromatic amines is 1. The molecule has 2 aromatic rings. The Morgan fingerprint density at radius 3 is 2.71 bits per heavy atom. The normalized spacial score (nSPS) is 10.7. The second-order valence-electron chi connectivity index (χ2n) is 5.34. The number of anilines is 1. The van der Waals surface area contributed by atoms with Gasteiger partial charge in [-0.25, -0.2) is 4.98 Å². The van der Waals surface area contributed by atoms with Crippen LogP contribution in [-0.4, -0.2) is 39.1 Å². The molecule has 0 aliphatic rings. The number of amides is 1. The van der Waals surface area contributed by atoms with Crippen LogP contribution in [-0.2, 0) is 6.54 Å². The van der Waals surface area contributed by atoms with Crippen LogP contribution in [0.4, 0.5) is 5.69 Å². The third-order valence-corrected chi connectivity index (χ3v) is 2.97. The van der Waals surface area contributed by atoms with Gasteiger partial charge in [-0.2, -0.15) is 5.10 Å². The van der Waals surface area contributed by atoms with Crippen LogP contribution in [0.5, 0.6) is 0 Å². The number of aryl methyl sites for hydroxylation is 1. The van der Waals surface area contributed by atoms with Gasteiger partial charge in [0, 0.05) is 18.8 Å². The first kappa shape index (κ1) is 15.0. The minimum atomic E-state index is -0.0544. The Kier molecular flexibility index (Phi) is 4.57. The summed E-state index contributed by atoms with van der Waals surface area (Å²) in [5.74, 6) is 1.30. The van der Waals surface area contributed by atoms with E-state index in [9.17, 15) is 4.79 Å². The van der Waals surface area contributed by atoms with E-state index < -0.39 is 0 Å². The quantitative estimate of drug-likeness (QED) is 0.884. The highest BCUT2D eigenvalue weighted by Crippen LogP contribution is 2.18. The molecule has 112 valence electrons. The van der Waals surface area contributed by atoms with Gasteiger partial charge < -0.3 is 10.2 Å². The number of H-pyrrole nitrogens is 1. The lowest BCUT2D eigenvalue weighted by atomic mass is 10.1. The van der Waals surface area contributed by atoms with E-state index in [0.717, 1.165) is 11.5 Å². The van der Waals surface area contributed by atoms with Crippen molar-refractivity contribution in [2.45, 2.75) is 33.4 Å². The van der Waals surface area contributed by atoms with Crippen molar-refractivity contribution in [3.8, 4) is 0 Å². The van der Waals surface area contributed by atoms with Crippen molar-refractivity contribution in [3.05, 3.63) is 41.5 Å². The topological polar surface area (TPSA) is 73.9 Å². The van der Waals surface area contributed by atoms with Crippen LogP contribution < -0.4 is 5.32 Å². The van der Waals surface area contributed by atoms with Crippen LogP contribution in [0.15, 0.2) is 24.3 Å². The number of hydrogen-bond acceptors (Lipinski definition) is 4. The third-order valence-electron chi connectivity index (χ3n) is 2.97. The van der Waals surface area contributed by atoms with Gasteiger partial charge in [0.15, 0.2) is 5.82 Å². The highest BCUT2D eigenvalue weighted by atomic mass is 16.2. The fourth-order valence-corrected chi connectivity index (χ4v) is 2.06. The van der Waals surface area contributed by atoms with Gasteiger partial charge in [0.05, 0.1) is 12.1 Å². The van der Waals surface area contributed by atoms with Crippen LogP contribution in [0.2, 0.25) is 0 Å². The van der Waals surface area contributed by atoms with Crippen molar-refractivity contribution in [2.75, 3.05) is 12.4 Å². The molecule has 1 heterocycles.